The van der Waals surface area contributed by atoms with E-state index in [1.165, 1.54) is 18.2 Å². The molecule has 0 saturated carbocycles. The molecule has 1 saturated heterocycles. The molecule has 1 aliphatic heterocycles. The molecule has 3 rings (SSSR count). The minimum absolute atomic E-state index is 0.0920. The van der Waals surface area contributed by atoms with Crippen molar-refractivity contribution in [2.45, 2.75) is 25.9 Å². The first-order valence-electron chi connectivity index (χ1n) is 8.03. The smallest absolute Gasteiger partial charge is 0.270 e. The van der Waals surface area contributed by atoms with Gasteiger partial charge in [-0.25, -0.2) is 0 Å². The summed E-state index contributed by atoms with van der Waals surface area (Å²) in [5.74, 6) is 0.201. The first-order chi connectivity index (χ1) is 12.0. The number of non-ortho nitro benzene ring substituents is 1. The van der Waals surface area contributed by atoms with Crippen LogP contribution in [0.4, 0.5) is 5.69 Å². The van der Waals surface area contributed by atoms with Gasteiger partial charge in [0.1, 0.15) is 6.10 Å². The summed E-state index contributed by atoms with van der Waals surface area (Å²) in [6, 6.07) is 9.35. The number of nitro groups is 1. The molecule has 0 aliphatic carbocycles. The third-order valence-corrected chi connectivity index (χ3v) is 4.03. The average Bonchev–Trinajstić information content (AvgIpc) is 2.63. The van der Waals surface area contributed by atoms with Crippen LogP contribution < -0.4 is 4.74 Å². The van der Waals surface area contributed by atoms with Crippen molar-refractivity contribution < 1.29 is 14.5 Å². The van der Waals surface area contributed by atoms with E-state index >= 15 is 0 Å². The number of hydrogen-bond acceptors (Lipinski definition) is 6. The van der Waals surface area contributed by atoms with Gasteiger partial charge in [0.2, 0.25) is 5.88 Å². The van der Waals surface area contributed by atoms with Gasteiger partial charge in [0.15, 0.2) is 0 Å². The molecule has 1 unspecified atom stereocenters. The molecule has 0 spiro atoms. The van der Waals surface area contributed by atoms with Crippen LogP contribution in [0.1, 0.15) is 28.9 Å². The Labute approximate surface area is 144 Å². The number of carbonyl (C=O) groups excluding carboxylic acids is 1. The lowest BCUT2D eigenvalue weighted by atomic mass is 10.1. The summed E-state index contributed by atoms with van der Waals surface area (Å²) in [7, 11) is 0. The zero-order valence-electron chi connectivity index (χ0n) is 13.8. The van der Waals surface area contributed by atoms with Crippen molar-refractivity contribution in [3.8, 4) is 5.88 Å². The molecule has 8 heteroatoms. The maximum atomic E-state index is 12.6. The number of likely N-dealkylation sites (tertiary alicyclic amines) is 1. The first-order valence-corrected chi connectivity index (χ1v) is 8.03. The van der Waals surface area contributed by atoms with E-state index in [9.17, 15) is 14.9 Å². The molecule has 1 aromatic carbocycles. The van der Waals surface area contributed by atoms with Crippen LogP contribution in [0.5, 0.6) is 5.88 Å². The van der Waals surface area contributed by atoms with E-state index in [0.29, 0.717) is 24.5 Å². The maximum Gasteiger partial charge on any atom is 0.270 e. The zero-order valence-corrected chi connectivity index (χ0v) is 13.8. The molecule has 25 heavy (non-hydrogen) atoms. The molecule has 1 fully saturated rings. The number of aromatic nitrogens is 2. The Morgan fingerprint density at radius 1 is 1.32 bits per heavy atom. The zero-order chi connectivity index (χ0) is 17.8. The Morgan fingerprint density at radius 3 is 2.88 bits per heavy atom. The second kappa shape index (κ2) is 7.25. The van der Waals surface area contributed by atoms with Crippen molar-refractivity contribution in [3.05, 3.63) is 57.8 Å². The van der Waals surface area contributed by atoms with Crippen molar-refractivity contribution in [1.82, 2.24) is 15.1 Å². The van der Waals surface area contributed by atoms with E-state index in [-0.39, 0.29) is 17.7 Å². The van der Waals surface area contributed by atoms with Crippen molar-refractivity contribution in [2.24, 2.45) is 0 Å². The van der Waals surface area contributed by atoms with E-state index in [1.54, 1.807) is 17.0 Å². The molecule has 1 aromatic heterocycles. The molecular formula is C17H18N4O4. The number of nitro benzene ring substituents is 1. The summed E-state index contributed by atoms with van der Waals surface area (Å²) < 4.78 is 5.81. The number of nitrogens with zero attached hydrogens (tertiary/aromatic N) is 4. The lowest BCUT2D eigenvalue weighted by Gasteiger charge is -2.32. The third-order valence-electron chi connectivity index (χ3n) is 4.03. The standard InChI is InChI=1S/C17H18N4O4/c1-12-7-8-16(19-18-12)25-15-6-3-9-20(11-15)17(22)13-4-2-5-14(10-13)21(23)24/h2,4-5,7-8,10,15H,3,6,9,11H2,1H3. The molecule has 0 radical (unpaired) electrons. The summed E-state index contributed by atoms with van der Waals surface area (Å²) in [4.78, 5) is 24.7. The molecule has 8 nitrogen and oxygen atoms in total. The quantitative estimate of drug-likeness (QED) is 0.625. The minimum Gasteiger partial charge on any atom is -0.471 e. The van der Waals surface area contributed by atoms with Crippen LogP contribution in [0.25, 0.3) is 0 Å². The van der Waals surface area contributed by atoms with Crippen LogP contribution in [-0.2, 0) is 0 Å². The van der Waals surface area contributed by atoms with Crippen LogP contribution in [0.15, 0.2) is 36.4 Å². The second-order valence-corrected chi connectivity index (χ2v) is 5.95. The summed E-state index contributed by atoms with van der Waals surface area (Å²) in [5.41, 5.74) is 1.02. The number of piperidine rings is 1. The van der Waals surface area contributed by atoms with Crippen molar-refractivity contribution in [2.75, 3.05) is 13.1 Å². The monoisotopic (exact) mass is 342 g/mol. The van der Waals surface area contributed by atoms with Gasteiger partial charge < -0.3 is 9.64 Å². The fourth-order valence-corrected chi connectivity index (χ4v) is 2.77. The van der Waals surface area contributed by atoms with Crippen LogP contribution in [-0.4, -0.2) is 45.1 Å². The van der Waals surface area contributed by atoms with Gasteiger partial charge in [-0.05, 0) is 31.9 Å². The fourth-order valence-electron chi connectivity index (χ4n) is 2.77. The number of hydrogen-bond donors (Lipinski definition) is 0. The highest BCUT2D eigenvalue weighted by Crippen LogP contribution is 2.20. The van der Waals surface area contributed by atoms with Crippen molar-refractivity contribution >= 4 is 11.6 Å². The van der Waals surface area contributed by atoms with Crippen LogP contribution in [0.3, 0.4) is 0 Å². The van der Waals surface area contributed by atoms with E-state index in [4.69, 9.17) is 4.74 Å². The first kappa shape index (κ1) is 16.8. The SMILES string of the molecule is Cc1ccc(OC2CCCN(C(=O)c3cccc([N+](=O)[O-])c3)C2)nn1. The van der Waals surface area contributed by atoms with Gasteiger partial charge >= 0.3 is 0 Å². The maximum absolute atomic E-state index is 12.6. The molecule has 130 valence electrons. The molecule has 1 atom stereocenters. The van der Waals surface area contributed by atoms with E-state index in [0.717, 1.165) is 18.5 Å². The second-order valence-electron chi connectivity index (χ2n) is 5.95. The summed E-state index contributed by atoms with van der Waals surface area (Å²) in [5, 5.41) is 18.8. The van der Waals surface area contributed by atoms with E-state index < -0.39 is 4.92 Å². The molecule has 1 amide bonds. The van der Waals surface area contributed by atoms with Gasteiger partial charge in [-0.2, -0.15) is 5.10 Å². The molecule has 0 N–H and O–H groups in total. The van der Waals surface area contributed by atoms with Crippen LogP contribution in [0, 0.1) is 17.0 Å². The number of amides is 1. The highest BCUT2D eigenvalue weighted by Gasteiger charge is 2.26. The number of ether oxygens (including phenoxy) is 1. The molecular weight excluding hydrogens is 324 g/mol. The highest BCUT2D eigenvalue weighted by molar-refractivity contribution is 5.94. The summed E-state index contributed by atoms with van der Waals surface area (Å²) >= 11 is 0. The van der Waals surface area contributed by atoms with Gasteiger partial charge in [0.25, 0.3) is 11.6 Å². The molecule has 1 aliphatic rings. The number of carbonyl (C=O) groups is 1. The Kier molecular flexibility index (Phi) is 4.87. The normalized spacial score (nSPS) is 17.2. The van der Waals surface area contributed by atoms with Gasteiger partial charge in [-0.1, -0.05) is 6.07 Å². The lowest BCUT2D eigenvalue weighted by Crippen LogP contribution is -2.44. The Hall–Kier alpha value is -3.03. The lowest BCUT2D eigenvalue weighted by molar-refractivity contribution is -0.384. The van der Waals surface area contributed by atoms with E-state index in [1.807, 2.05) is 13.0 Å². The van der Waals surface area contributed by atoms with Gasteiger partial charge in [0.05, 0.1) is 17.2 Å². The highest BCUT2D eigenvalue weighted by atomic mass is 16.6. The largest absolute Gasteiger partial charge is 0.471 e. The van der Waals surface area contributed by atoms with E-state index in [2.05, 4.69) is 10.2 Å². The van der Waals surface area contributed by atoms with Crippen LogP contribution in [0.2, 0.25) is 0 Å². The summed E-state index contributed by atoms with van der Waals surface area (Å²) in [6.07, 6.45) is 1.44. The fraction of sp³-hybridized carbons (Fsp3) is 0.353. The predicted octanol–water partition coefficient (Wildman–Crippen LogP) is 2.38. The topological polar surface area (TPSA) is 98.5 Å². The van der Waals surface area contributed by atoms with Gasteiger partial charge in [-0.3, -0.25) is 14.9 Å². The molecule has 2 heterocycles. The Balaban J connectivity index is 1.68. The third kappa shape index (κ3) is 4.09. The van der Waals surface area contributed by atoms with Gasteiger partial charge in [-0.15, -0.1) is 5.10 Å². The Morgan fingerprint density at radius 2 is 2.16 bits per heavy atom. The minimum atomic E-state index is -0.505. The predicted molar refractivity (Wildman–Crippen MR) is 89.4 cm³/mol. The van der Waals surface area contributed by atoms with Crippen molar-refractivity contribution in [3.63, 3.8) is 0 Å². The van der Waals surface area contributed by atoms with Crippen molar-refractivity contribution in [1.29, 1.82) is 0 Å². The summed E-state index contributed by atoms with van der Waals surface area (Å²) in [6.45, 7) is 2.86. The number of rotatable bonds is 4. The molecule has 2 aromatic rings. The number of aryl methyl sites for hydroxylation is 1. The van der Waals surface area contributed by atoms with Crippen LogP contribution >= 0.6 is 0 Å². The number of benzene rings is 1. The average molecular weight is 342 g/mol. The molecule has 0 bridgehead atoms. The Bertz CT molecular complexity index is 778. The van der Waals surface area contributed by atoms with Gasteiger partial charge in [0, 0.05) is 30.3 Å².